The minimum absolute atomic E-state index is 0.132. The molecule has 0 aromatic heterocycles. The summed E-state index contributed by atoms with van der Waals surface area (Å²) < 4.78 is 4.99. The Morgan fingerprint density at radius 2 is 2.05 bits per heavy atom. The predicted octanol–water partition coefficient (Wildman–Crippen LogP) is 2.88. The van der Waals surface area contributed by atoms with Crippen LogP contribution in [0.5, 0.6) is 0 Å². The smallest absolute Gasteiger partial charge is 0.421 e. The number of hydrogen-bond donors (Lipinski definition) is 0. The van der Waals surface area contributed by atoms with Gasteiger partial charge in [-0.25, -0.2) is 4.79 Å². The number of rotatable bonds is 5. The van der Waals surface area contributed by atoms with E-state index in [-0.39, 0.29) is 12.3 Å². The molecule has 1 aromatic rings. The fourth-order valence-electron chi connectivity index (χ4n) is 1.22. The first-order chi connectivity index (χ1) is 9.17. The molecule has 98 valence electrons. The van der Waals surface area contributed by atoms with Gasteiger partial charge in [-0.15, -0.1) is 0 Å². The van der Waals surface area contributed by atoms with Crippen LogP contribution in [-0.4, -0.2) is 23.1 Å². The van der Waals surface area contributed by atoms with Gasteiger partial charge in [-0.2, -0.15) is 4.79 Å². The van der Waals surface area contributed by atoms with Crippen molar-refractivity contribution in [2.24, 2.45) is 0 Å². The van der Waals surface area contributed by atoms with E-state index >= 15 is 0 Å². The number of ether oxygens (including phenoxy) is 1. The third-order valence-corrected chi connectivity index (χ3v) is 2.47. The third kappa shape index (κ3) is 5.15. The summed E-state index contributed by atoms with van der Waals surface area (Å²) in [6.45, 7) is 3.90. The van der Waals surface area contributed by atoms with E-state index in [2.05, 4.69) is 4.79 Å². The molecule has 19 heavy (non-hydrogen) atoms. The Kier molecular flexibility index (Phi) is 5.99. The minimum Gasteiger partial charge on any atom is -0.452 e. The minimum atomic E-state index is -0.657. The molecule has 0 radical (unpaired) electrons. The molecule has 4 nitrogen and oxygen atoms in total. The summed E-state index contributed by atoms with van der Waals surface area (Å²) in [5.74, 6) is -0.657. The summed E-state index contributed by atoms with van der Waals surface area (Å²) in [4.78, 5) is 14.6. The number of esters is 1. The molecule has 0 unspecified atom stereocenters. The van der Waals surface area contributed by atoms with Crippen LogP contribution in [0, 0.1) is 0 Å². The van der Waals surface area contributed by atoms with Gasteiger partial charge in [0.1, 0.15) is 6.61 Å². The molecule has 0 fully saturated rings. The molecule has 0 bridgehead atoms. The van der Waals surface area contributed by atoms with Crippen LogP contribution in [0.25, 0.3) is 11.6 Å². The topological polar surface area (TPSA) is 62.7 Å². The maximum Gasteiger partial charge on any atom is 0.421 e. The van der Waals surface area contributed by atoms with E-state index in [1.54, 1.807) is 6.08 Å². The zero-order chi connectivity index (χ0) is 14.1. The van der Waals surface area contributed by atoms with E-state index in [4.69, 9.17) is 10.3 Å². The first-order valence-electron chi connectivity index (χ1n) is 5.91. The molecule has 0 N–H and O–H groups in total. The van der Waals surface area contributed by atoms with Gasteiger partial charge in [0.05, 0.1) is 0 Å². The van der Waals surface area contributed by atoms with Gasteiger partial charge in [-0.1, -0.05) is 36.4 Å². The van der Waals surface area contributed by atoms with Gasteiger partial charge < -0.3 is 10.3 Å². The molecule has 4 heteroatoms. The Labute approximate surface area is 112 Å². The van der Waals surface area contributed by atoms with Crippen molar-refractivity contribution >= 4 is 17.8 Å². The van der Waals surface area contributed by atoms with Crippen LogP contribution in [0.3, 0.4) is 0 Å². The number of allylic oxidation sites excluding steroid dienone is 1. The van der Waals surface area contributed by atoms with E-state index in [0.717, 1.165) is 11.1 Å². The lowest BCUT2D eigenvalue weighted by molar-refractivity contribution is -0.139. The Hall–Kier alpha value is -2.45. The molecule has 0 aliphatic heterocycles. The first-order valence-corrected chi connectivity index (χ1v) is 5.91. The Morgan fingerprint density at radius 1 is 1.37 bits per heavy atom. The molecule has 0 saturated heterocycles. The Morgan fingerprint density at radius 3 is 2.63 bits per heavy atom. The number of carbonyl (C=O) groups is 1. The third-order valence-electron chi connectivity index (χ3n) is 2.47. The predicted molar refractivity (Wildman–Crippen MR) is 74.5 cm³/mol. The average molecular weight is 256 g/mol. The molecular weight excluding hydrogens is 240 g/mol. The average Bonchev–Trinajstić information content (AvgIpc) is 2.46. The van der Waals surface area contributed by atoms with Crippen LogP contribution in [-0.2, 0) is 9.53 Å². The van der Waals surface area contributed by atoms with Gasteiger partial charge in [-0.05, 0) is 31.1 Å². The number of nitrogens with zero attached hydrogens (tertiary/aromatic N) is 2. The van der Waals surface area contributed by atoms with Crippen LogP contribution >= 0.6 is 0 Å². The fourth-order valence-corrected chi connectivity index (χ4v) is 1.22. The zero-order valence-electron chi connectivity index (χ0n) is 11.0. The molecule has 0 aliphatic carbocycles. The lowest BCUT2D eigenvalue weighted by Gasteiger charge is -2.00. The van der Waals surface area contributed by atoms with Crippen molar-refractivity contribution in [1.82, 2.24) is 0 Å². The largest absolute Gasteiger partial charge is 0.452 e. The second-order valence-electron chi connectivity index (χ2n) is 3.94. The molecule has 0 amide bonds. The van der Waals surface area contributed by atoms with Gasteiger partial charge in [0.2, 0.25) is 0 Å². The Bertz CT molecular complexity index is 539. The number of carbonyl (C=O) groups excluding carboxylic acids is 1. The summed E-state index contributed by atoms with van der Waals surface area (Å²) in [5, 5.41) is 0. The number of hydrogen-bond acceptors (Lipinski definition) is 2. The van der Waals surface area contributed by atoms with E-state index in [0.29, 0.717) is 0 Å². The lowest BCUT2D eigenvalue weighted by atomic mass is 10.2. The Balaban J connectivity index is 2.67. The summed E-state index contributed by atoms with van der Waals surface area (Å²) in [5.41, 5.74) is 10.5. The van der Waals surface area contributed by atoms with Gasteiger partial charge in [0.15, 0.2) is 0 Å². The van der Waals surface area contributed by atoms with E-state index < -0.39 is 5.97 Å². The second kappa shape index (κ2) is 7.80. The van der Waals surface area contributed by atoms with Crippen LogP contribution in [0.15, 0.2) is 48.1 Å². The number of benzene rings is 1. The van der Waals surface area contributed by atoms with Crippen molar-refractivity contribution in [2.75, 3.05) is 6.61 Å². The molecule has 0 heterocycles. The maximum absolute atomic E-state index is 11.6. The van der Waals surface area contributed by atoms with Gasteiger partial charge in [-0.3, -0.25) is 0 Å². The molecule has 0 spiro atoms. The zero-order valence-corrected chi connectivity index (χ0v) is 11.0. The van der Waals surface area contributed by atoms with Gasteiger partial charge in [0.25, 0.3) is 0 Å². The highest BCUT2D eigenvalue weighted by Gasteiger charge is 2.18. The van der Waals surface area contributed by atoms with Crippen LogP contribution in [0.1, 0.15) is 19.4 Å². The van der Waals surface area contributed by atoms with E-state index in [1.165, 1.54) is 6.08 Å². The van der Waals surface area contributed by atoms with E-state index in [9.17, 15) is 4.79 Å². The van der Waals surface area contributed by atoms with Crippen molar-refractivity contribution < 1.29 is 14.3 Å². The SMILES string of the molecule is C/C=C(\C)COC(=O)C(/C=C/c1ccccc1)=[N+]=[N-]. The highest BCUT2D eigenvalue weighted by molar-refractivity contribution is 6.39. The lowest BCUT2D eigenvalue weighted by Crippen LogP contribution is -2.17. The van der Waals surface area contributed by atoms with Crippen molar-refractivity contribution in [2.45, 2.75) is 13.8 Å². The van der Waals surface area contributed by atoms with Crippen LogP contribution < -0.4 is 0 Å². The summed E-state index contributed by atoms with van der Waals surface area (Å²) >= 11 is 0. The molecule has 0 aliphatic rings. The highest BCUT2D eigenvalue weighted by atomic mass is 16.5. The molecule has 1 aromatic carbocycles. The van der Waals surface area contributed by atoms with Crippen molar-refractivity contribution in [3.8, 4) is 0 Å². The summed E-state index contributed by atoms with van der Waals surface area (Å²) in [6, 6.07) is 9.40. The van der Waals surface area contributed by atoms with Gasteiger partial charge >= 0.3 is 11.7 Å². The fraction of sp³-hybridized carbons (Fsp3) is 0.200. The standard InChI is InChI=1S/C15H16N2O2/c1-3-12(2)11-19-15(18)14(17-16)10-9-13-7-5-4-6-8-13/h3-10H,11H2,1-2H3/b10-9+,12-3+. The second-order valence-corrected chi connectivity index (χ2v) is 3.94. The van der Waals surface area contributed by atoms with Crippen molar-refractivity contribution in [1.29, 1.82) is 0 Å². The van der Waals surface area contributed by atoms with Gasteiger partial charge in [0, 0.05) is 6.08 Å². The monoisotopic (exact) mass is 256 g/mol. The quantitative estimate of drug-likeness (QED) is 0.267. The molecule has 0 saturated carbocycles. The molecule has 0 atom stereocenters. The van der Waals surface area contributed by atoms with Crippen molar-refractivity contribution in [3.05, 3.63) is 59.2 Å². The maximum atomic E-state index is 11.6. The summed E-state index contributed by atoms with van der Waals surface area (Å²) in [7, 11) is 0. The molecule has 1 rings (SSSR count). The van der Waals surface area contributed by atoms with Crippen LogP contribution in [0.4, 0.5) is 0 Å². The van der Waals surface area contributed by atoms with Crippen molar-refractivity contribution in [3.63, 3.8) is 0 Å². The highest BCUT2D eigenvalue weighted by Crippen LogP contribution is 2.01. The molecular formula is C15H16N2O2. The van der Waals surface area contributed by atoms with Crippen LogP contribution in [0.2, 0.25) is 0 Å². The first kappa shape index (κ1) is 14.6. The van der Waals surface area contributed by atoms with E-state index in [1.807, 2.05) is 50.3 Å². The summed E-state index contributed by atoms with van der Waals surface area (Å²) in [6.07, 6.45) is 4.95. The normalized spacial score (nSPS) is 11.2.